The second kappa shape index (κ2) is 4.90. The third-order valence-electron chi connectivity index (χ3n) is 3.05. The number of hydrogen-bond acceptors (Lipinski definition) is 2. The fourth-order valence-corrected chi connectivity index (χ4v) is 2.00. The van der Waals surface area contributed by atoms with E-state index >= 15 is 0 Å². The molecule has 18 heavy (non-hydrogen) atoms. The van der Waals surface area contributed by atoms with Gasteiger partial charge in [0, 0.05) is 23.6 Å². The minimum Gasteiger partial charge on any atom is -0.469 e. The maximum atomic E-state index is 13.8. The van der Waals surface area contributed by atoms with Gasteiger partial charge in [0.15, 0.2) is 0 Å². The van der Waals surface area contributed by atoms with Crippen molar-refractivity contribution in [2.45, 2.75) is 26.3 Å². The first kappa shape index (κ1) is 12.8. The Morgan fingerprint density at radius 1 is 1.22 bits per heavy atom. The first-order valence-electron chi connectivity index (χ1n) is 5.82. The number of hydrogen-bond donors (Lipinski definition) is 1. The maximum Gasteiger partial charge on any atom is 0.131 e. The van der Waals surface area contributed by atoms with Crippen molar-refractivity contribution in [2.75, 3.05) is 0 Å². The quantitative estimate of drug-likeness (QED) is 0.907. The van der Waals surface area contributed by atoms with Gasteiger partial charge in [-0.2, -0.15) is 0 Å². The summed E-state index contributed by atoms with van der Waals surface area (Å²) in [5, 5.41) is 0. The Balaban J connectivity index is 2.46. The van der Waals surface area contributed by atoms with Crippen LogP contribution in [-0.2, 0) is 6.42 Å². The van der Waals surface area contributed by atoms with Crippen molar-refractivity contribution in [1.29, 1.82) is 0 Å². The molecular weight excluding hydrogens is 236 g/mol. The van der Waals surface area contributed by atoms with Gasteiger partial charge < -0.3 is 10.2 Å². The Hall–Kier alpha value is -1.68. The summed E-state index contributed by atoms with van der Waals surface area (Å²) in [7, 11) is 0. The summed E-state index contributed by atoms with van der Waals surface area (Å²) in [5.41, 5.74) is 7.43. The summed E-state index contributed by atoms with van der Waals surface area (Å²) in [4.78, 5) is 0. The van der Waals surface area contributed by atoms with Crippen LogP contribution in [0.3, 0.4) is 0 Å². The van der Waals surface area contributed by atoms with Crippen LogP contribution < -0.4 is 5.73 Å². The second-order valence-electron chi connectivity index (χ2n) is 4.25. The Kier molecular flexibility index (Phi) is 3.48. The molecule has 0 saturated heterocycles. The summed E-state index contributed by atoms with van der Waals surface area (Å²) in [6.07, 6.45) is 2.21. The average molecular weight is 251 g/mol. The van der Waals surface area contributed by atoms with Crippen molar-refractivity contribution < 1.29 is 13.2 Å². The highest BCUT2D eigenvalue weighted by Crippen LogP contribution is 2.27. The molecule has 0 aliphatic heterocycles. The van der Waals surface area contributed by atoms with Crippen LogP contribution in [0.25, 0.3) is 0 Å². The summed E-state index contributed by atoms with van der Waals surface area (Å²) in [5.74, 6) is -0.468. The Morgan fingerprint density at radius 2 is 1.94 bits per heavy atom. The van der Waals surface area contributed by atoms with E-state index in [1.807, 2.05) is 6.92 Å². The van der Waals surface area contributed by atoms with Crippen molar-refractivity contribution in [3.8, 4) is 0 Å². The number of furan rings is 1. The van der Waals surface area contributed by atoms with E-state index in [4.69, 9.17) is 10.2 Å². The minimum atomic E-state index is -0.641. The first-order valence-corrected chi connectivity index (χ1v) is 5.82. The van der Waals surface area contributed by atoms with Gasteiger partial charge in [-0.25, -0.2) is 8.78 Å². The lowest BCUT2D eigenvalue weighted by Crippen LogP contribution is -2.15. The fraction of sp³-hybridized carbons (Fsp3) is 0.286. The SMILES string of the molecule is CCc1occc1C(N)c1cc(C)c(F)cc1F. The number of rotatable bonds is 3. The molecule has 2 N–H and O–H groups in total. The molecule has 4 heteroatoms. The topological polar surface area (TPSA) is 39.2 Å². The van der Waals surface area contributed by atoms with Crippen molar-refractivity contribution in [3.63, 3.8) is 0 Å². The van der Waals surface area contributed by atoms with Gasteiger partial charge in [-0.1, -0.05) is 6.92 Å². The molecule has 0 aliphatic rings. The van der Waals surface area contributed by atoms with Crippen molar-refractivity contribution in [1.82, 2.24) is 0 Å². The number of benzene rings is 1. The Labute approximate surface area is 104 Å². The van der Waals surface area contributed by atoms with Gasteiger partial charge in [0.1, 0.15) is 17.4 Å². The zero-order valence-corrected chi connectivity index (χ0v) is 10.3. The molecule has 1 unspecified atom stereocenters. The fourth-order valence-electron chi connectivity index (χ4n) is 2.00. The molecule has 0 radical (unpaired) electrons. The van der Waals surface area contributed by atoms with Crippen molar-refractivity contribution in [3.05, 3.63) is 58.5 Å². The van der Waals surface area contributed by atoms with Crippen LogP contribution in [0.5, 0.6) is 0 Å². The Morgan fingerprint density at radius 3 is 2.61 bits per heavy atom. The molecular formula is C14H15F2NO. The van der Waals surface area contributed by atoms with E-state index in [2.05, 4.69) is 0 Å². The molecule has 96 valence electrons. The summed E-state index contributed by atoms with van der Waals surface area (Å²) in [6.45, 7) is 3.52. The smallest absolute Gasteiger partial charge is 0.131 e. The summed E-state index contributed by atoms with van der Waals surface area (Å²) < 4.78 is 32.2. The number of nitrogens with two attached hydrogens (primary N) is 1. The van der Waals surface area contributed by atoms with Crippen LogP contribution >= 0.6 is 0 Å². The predicted molar refractivity (Wildman–Crippen MR) is 65.2 cm³/mol. The maximum absolute atomic E-state index is 13.8. The highest BCUT2D eigenvalue weighted by molar-refractivity contribution is 5.36. The van der Waals surface area contributed by atoms with E-state index in [0.717, 1.165) is 17.4 Å². The van der Waals surface area contributed by atoms with E-state index in [-0.39, 0.29) is 5.56 Å². The van der Waals surface area contributed by atoms with Crippen LogP contribution in [0.2, 0.25) is 0 Å². The molecule has 0 spiro atoms. The zero-order chi connectivity index (χ0) is 13.3. The first-order chi connectivity index (χ1) is 8.54. The van der Waals surface area contributed by atoms with Gasteiger partial charge in [-0.05, 0) is 24.6 Å². The predicted octanol–water partition coefficient (Wildman–Crippen LogP) is 3.48. The highest BCUT2D eigenvalue weighted by atomic mass is 19.1. The second-order valence-corrected chi connectivity index (χ2v) is 4.25. The van der Waals surface area contributed by atoms with Crippen LogP contribution in [-0.4, -0.2) is 0 Å². The van der Waals surface area contributed by atoms with Gasteiger partial charge in [0.05, 0.1) is 12.3 Å². The zero-order valence-electron chi connectivity index (χ0n) is 10.3. The van der Waals surface area contributed by atoms with Crippen molar-refractivity contribution in [2.24, 2.45) is 5.73 Å². The monoisotopic (exact) mass is 251 g/mol. The number of aryl methyl sites for hydroxylation is 2. The molecule has 0 saturated carbocycles. The molecule has 2 nitrogen and oxygen atoms in total. The molecule has 1 aromatic heterocycles. The largest absolute Gasteiger partial charge is 0.469 e. The Bertz CT molecular complexity index is 563. The third-order valence-corrected chi connectivity index (χ3v) is 3.05. The molecule has 0 fully saturated rings. The third kappa shape index (κ3) is 2.16. The molecule has 1 heterocycles. The lowest BCUT2D eigenvalue weighted by Gasteiger charge is -2.14. The van der Waals surface area contributed by atoms with Gasteiger partial charge in [-0.15, -0.1) is 0 Å². The summed E-state index contributed by atoms with van der Waals surface area (Å²) >= 11 is 0. The lowest BCUT2D eigenvalue weighted by atomic mass is 9.97. The average Bonchev–Trinajstić information content (AvgIpc) is 2.81. The van der Waals surface area contributed by atoms with Crippen molar-refractivity contribution >= 4 is 0 Å². The van der Waals surface area contributed by atoms with E-state index in [1.54, 1.807) is 13.0 Å². The van der Waals surface area contributed by atoms with E-state index < -0.39 is 17.7 Å². The van der Waals surface area contributed by atoms with Crippen LogP contribution in [0.15, 0.2) is 28.9 Å². The van der Waals surface area contributed by atoms with Crippen LogP contribution in [0.4, 0.5) is 8.78 Å². The minimum absolute atomic E-state index is 0.282. The van der Waals surface area contributed by atoms with Gasteiger partial charge in [0.25, 0.3) is 0 Å². The standard InChI is InChI=1S/C14H15F2NO/c1-3-13-9(4-5-18-13)14(17)10-6-8(2)11(15)7-12(10)16/h4-7,14H,3,17H2,1-2H3. The molecule has 2 aromatic rings. The van der Waals surface area contributed by atoms with Gasteiger partial charge >= 0.3 is 0 Å². The van der Waals surface area contributed by atoms with Crippen LogP contribution in [0.1, 0.15) is 35.4 Å². The van der Waals surface area contributed by atoms with Gasteiger partial charge in [-0.3, -0.25) is 0 Å². The molecule has 2 rings (SSSR count). The summed E-state index contributed by atoms with van der Waals surface area (Å²) in [6, 6.07) is 3.40. The van der Waals surface area contributed by atoms with E-state index in [9.17, 15) is 8.78 Å². The molecule has 0 bridgehead atoms. The van der Waals surface area contributed by atoms with Crippen LogP contribution in [0, 0.1) is 18.6 Å². The van der Waals surface area contributed by atoms with E-state index in [0.29, 0.717) is 12.0 Å². The number of halogens is 2. The highest BCUT2D eigenvalue weighted by Gasteiger charge is 2.19. The normalized spacial score (nSPS) is 12.7. The molecule has 0 aliphatic carbocycles. The molecule has 1 atom stereocenters. The molecule has 1 aromatic carbocycles. The lowest BCUT2D eigenvalue weighted by molar-refractivity contribution is 0.507. The molecule has 0 amide bonds. The van der Waals surface area contributed by atoms with Gasteiger partial charge in [0.2, 0.25) is 0 Å². The van der Waals surface area contributed by atoms with E-state index in [1.165, 1.54) is 12.3 Å².